The monoisotopic (exact) mass is 593 g/mol. The molecule has 1 fully saturated rings. The Balaban J connectivity index is 1.71. The fourth-order valence-electron chi connectivity index (χ4n) is 7.70. The minimum Gasteiger partial charge on any atom is -0.490 e. The van der Waals surface area contributed by atoms with Crippen LogP contribution >= 0.6 is 0 Å². The second-order valence-corrected chi connectivity index (χ2v) is 14.8. The van der Waals surface area contributed by atoms with E-state index in [2.05, 4.69) is 39.5 Å². The normalized spacial score (nSPS) is 19.8. The van der Waals surface area contributed by atoms with E-state index in [1.54, 1.807) is 6.07 Å². The maximum atomic E-state index is 15.8. The third kappa shape index (κ3) is 6.38. The molecule has 2 aromatic carbocycles. The van der Waals surface area contributed by atoms with Gasteiger partial charge in [0, 0.05) is 30.3 Å². The minimum absolute atomic E-state index is 0.262. The van der Waals surface area contributed by atoms with Crippen LogP contribution in [-0.4, -0.2) is 42.3 Å². The van der Waals surface area contributed by atoms with Crippen molar-refractivity contribution in [3.8, 4) is 16.9 Å². The first-order valence-corrected chi connectivity index (χ1v) is 16.4. The molecule has 0 amide bonds. The molecule has 6 heteroatoms. The minimum atomic E-state index is -0.924. The van der Waals surface area contributed by atoms with Gasteiger partial charge in [-0.1, -0.05) is 13.8 Å². The Bertz CT molecular complexity index is 1380. The summed E-state index contributed by atoms with van der Waals surface area (Å²) in [7, 11) is 0. The first-order valence-electron chi connectivity index (χ1n) is 16.4. The van der Waals surface area contributed by atoms with Crippen molar-refractivity contribution in [1.29, 1.82) is 0 Å². The summed E-state index contributed by atoms with van der Waals surface area (Å²) in [6.07, 6.45) is 6.59. The Kier molecular flexibility index (Phi) is 9.04. The van der Waals surface area contributed by atoms with Crippen LogP contribution in [0.2, 0.25) is 0 Å². The number of hydrogen-bond acceptors (Lipinski definition) is 5. The molecule has 0 spiro atoms. The number of rotatable bonds is 6. The van der Waals surface area contributed by atoms with Gasteiger partial charge in [0.25, 0.3) is 0 Å². The van der Waals surface area contributed by atoms with Crippen LogP contribution in [0.1, 0.15) is 119 Å². The Labute approximate surface area is 258 Å². The molecule has 1 saturated carbocycles. The maximum absolute atomic E-state index is 15.8. The van der Waals surface area contributed by atoms with Crippen molar-refractivity contribution >= 4 is 5.97 Å². The van der Waals surface area contributed by atoms with Gasteiger partial charge in [0.05, 0.1) is 18.8 Å². The van der Waals surface area contributed by atoms with Crippen LogP contribution in [0.3, 0.4) is 0 Å². The third-order valence-corrected chi connectivity index (χ3v) is 10.1. The summed E-state index contributed by atoms with van der Waals surface area (Å²) in [6.45, 7) is 21.5. The standard InChI is InChI=1S/C37H52FNO4/c1-10-41-35(40)34(43-36(5,6)7)32-23(3)26-15-18-39(25-13-16-37(8,9)17-14-25)21-29(26)24(4)31(32)28-20-30(38)33-27(22(28)2)12-11-19-42-33/h20,25,34H,10-19,21H2,1-9H3/t34-/m0/s1. The number of carbonyl (C=O) groups excluding carboxylic acids is 1. The van der Waals surface area contributed by atoms with Crippen molar-refractivity contribution in [3.05, 3.63) is 50.8 Å². The number of halogens is 1. The van der Waals surface area contributed by atoms with Gasteiger partial charge in [0.1, 0.15) is 0 Å². The molecule has 2 aromatic rings. The Morgan fingerprint density at radius 3 is 2.42 bits per heavy atom. The van der Waals surface area contributed by atoms with Crippen LogP contribution in [0, 0.1) is 32.0 Å². The van der Waals surface area contributed by atoms with Crippen molar-refractivity contribution < 1.29 is 23.4 Å². The first-order chi connectivity index (χ1) is 20.2. The van der Waals surface area contributed by atoms with Gasteiger partial charge in [-0.05, 0) is 144 Å². The van der Waals surface area contributed by atoms with E-state index in [0.717, 1.165) is 71.3 Å². The molecule has 0 N–H and O–H groups in total. The molecule has 1 aliphatic carbocycles. The van der Waals surface area contributed by atoms with E-state index < -0.39 is 17.7 Å². The van der Waals surface area contributed by atoms with E-state index in [0.29, 0.717) is 23.8 Å². The van der Waals surface area contributed by atoms with Crippen LogP contribution < -0.4 is 4.74 Å². The van der Waals surface area contributed by atoms with Crippen LogP contribution in [0.25, 0.3) is 11.1 Å². The third-order valence-electron chi connectivity index (χ3n) is 10.1. The van der Waals surface area contributed by atoms with Crippen molar-refractivity contribution in [2.45, 2.75) is 132 Å². The number of hydrogen-bond donors (Lipinski definition) is 0. The Morgan fingerprint density at radius 1 is 1.07 bits per heavy atom. The zero-order chi connectivity index (χ0) is 31.3. The van der Waals surface area contributed by atoms with Crippen LogP contribution in [0.5, 0.6) is 5.75 Å². The molecule has 2 heterocycles. The van der Waals surface area contributed by atoms with E-state index in [9.17, 15) is 4.79 Å². The van der Waals surface area contributed by atoms with Gasteiger partial charge in [-0.3, -0.25) is 4.90 Å². The summed E-state index contributed by atoms with van der Waals surface area (Å²) >= 11 is 0. The van der Waals surface area contributed by atoms with Crippen LogP contribution in [0.4, 0.5) is 4.39 Å². The number of benzene rings is 2. The lowest BCUT2D eigenvalue weighted by Crippen LogP contribution is -2.43. The van der Waals surface area contributed by atoms with Crippen molar-refractivity contribution in [1.82, 2.24) is 4.90 Å². The van der Waals surface area contributed by atoms with Crippen molar-refractivity contribution in [3.63, 3.8) is 0 Å². The van der Waals surface area contributed by atoms with E-state index in [4.69, 9.17) is 14.2 Å². The highest BCUT2D eigenvalue weighted by molar-refractivity contribution is 5.86. The van der Waals surface area contributed by atoms with Gasteiger partial charge >= 0.3 is 5.97 Å². The highest BCUT2D eigenvalue weighted by atomic mass is 19.1. The zero-order valence-corrected chi connectivity index (χ0v) is 28.0. The summed E-state index contributed by atoms with van der Waals surface area (Å²) in [4.78, 5) is 16.4. The lowest BCUT2D eigenvalue weighted by Gasteiger charge is -2.43. The van der Waals surface area contributed by atoms with Crippen LogP contribution in [-0.2, 0) is 33.7 Å². The van der Waals surface area contributed by atoms with Crippen molar-refractivity contribution in [2.24, 2.45) is 5.41 Å². The quantitative estimate of drug-likeness (QED) is 0.314. The summed E-state index contributed by atoms with van der Waals surface area (Å²) in [5, 5.41) is 0. The first kappa shape index (κ1) is 32.0. The molecular weight excluding hydrogens is 541 g/mol. The van der Waals surface area contributed by atoms with Crippen LogP contribution in [0.15, 0.2) is 6.07 Å². The fourth-order valence-corrected chi connectivity index (χ4v) is 7.70. The molecule has 5 nitrogen and oxygen atoms in total. The van der Waals surface area contributed by atoms with Gasteiger partial charge in [-0.2, -0.15) is 0 Å². The molecule has 0 radical (unpaired) electrons. The number of nitrogens with zero attached hydrogens (tertiary/aromatic N) is 1. The van der Waals surface area contributed by atoms with E-state index in [-0.39, 0.29) is 12.4 Å². The smallest absolute Gasteiger partial charge is 0.339 e. The largest absolute Gasteiger partial charge is 0.490 e. The summed E-state index contributed by atoms with van der Waals surface area (Å²) < 4.78 is 33.7. The molecule has 3 aliphatic rings. The molecule has 43 heavy (non-hydrogen) atoms. The second kappa shape index (κ2) is 12.2. The van der Waals surface area contributed by atoms with Gasteiger partial charge in [-0.25, -0.2) is 9.18 Å². The Hall–Kier alpha value is -2.44. The highest BCUT2D eigenvalue weighted by Crippen LogP contribution is 2.47. The average molecular weight is 594 g/mol. The molecule has 0 saturated heterocycles. The summed E-state index contributed by atoms with van der Waals surface area (Å²) in [5.41, 5.74) is 9.12. The van der Waals surface area contributed by atoms with Gasteiger partial charge in [0.2, 0.25) is 0 Å². The van der Waals surface area contributed by atoms with E-state index in [1.807, 2.05) is 27.7 Å². The molecule has 236 valence electrons. The predicted molar refractivity (Wildman–Crippen MR) is 170 cm³/mol. The van der Waals surface area contributed by atoms with E-state index in [1.165, 1.54) is 36.8 Å². The number of ether oxygens (including phenoxy) is 3. The molecule has 0 unspecified atom stereocenters. The zero-order valence-electron chi connectivity index (χ0n) is 28.0. The van der Waals surface area contributed by atoms with Gasteiger partial charge < -0.3 is 14.2 Å². The number of carbonyl (C=O) groups is 1. The van der Waals surface area contributed by atoms with Crippen molar-refractivity contribution in [2.75, 3.05) is 19.8 Å². The molecule has 5 rings (SSSR count). The predicted octanol–water partition coefficient (Wildman–Crippen LogP) is 8.49. The maximum Gasteiger partial charge on any atom is 0.339 e. The van der Waals surface area contributed by atoms with E-state index >= 15 is 4.39 Å². The molecule has 0 bridgehead atoms. The lowest BCUT2D eigenvalue weighted by molar-refractivity contribution is -0.166. The highest BCUT2D eigenvalue weighted by Gasteiger charge is 2.38. The number of fused-ring (bicyclic) bond motifs is 2. The second-order valence-electron chi connectivity index (χ2n) is 14.8. The van der Waals surface area contributed by atoms with Gasteiger partial charge in [-0.15, -0.1) is 0 Å². The fraction of sp³-hybridized carbons (Fsp3) is 0.649. The lowest BCUT2D eigenvalue weighted by atomic mass is 9.74. The summed E-state index contributed by atoms with van der Waals surface area (Å²) in [5.74, 6) is -0.365. The summed E-state index contributed by atoms with van der Waals surface area (Å²) in [6, 6.07) is 2.21. The molecular formula is C37H52FNO4. The SMILES string of the molecule is CCOC(=O)[C@@H](OC(C)(C)C)c1c(C)c2c(c(C)c1-c1cc(F)c3c(c1C)CCCO3)CN(C1CCC(C)(C)CC1)CC2. The molecule has 1 atom stereocenters. The average Bonchev–Trinajstić information content (AvgIpc) is 2.95. The molecule has 2 aliphatic heterocycles. The number of esters is 1. The topological polar surface area (TPSA) is 48.0 Å². The Morgan fingerprint density at radius 2 is 1.77 bits per heavy atom. The van der Waals surface area contributed by atoms with Gasteiger partial charge in [0.15, 0.2) is 17.7 Å². The molecule has 0 aromatic heterocycles.